The Balaban J connectivity index is 1.95. The van der Waals surface area contributed by atoms with Gasteiger partial charge in [-0.25, -0.2) is 14.8 Å². The fraction of sp³-hybridized carbons (Fsp3) is 0.190. The topological polar surface area (TPSA) is 104 Å². The first-order valence-corrected chi connectivity index (χ1v) is 9.89. The number of carbonyl (C=O) groups is 1. The molecule has 0 amide bonds. The van der Waals surface area contributed by atoms with Gasteiger partial charge in [-0.1, -0.05) is 23.9 Å². The molecule has 0 aliphatic rings. The smallest absolute Gasteiger partial charge is 0.341 e. The highest BCUT2D eigenvalue weighted by atomic mass is 32.2. The number of benzene rings is 2. The number of thioether (sulfide) groups is 1. The molecule has 2 aromatic carbocycles. The van der Waals surface area contributed by atoms with E-state index in [1.54, 1.807) is 26.2 Å². The second kappa shape index (κ2) is 9.36. The molecule has 0 fully saturated rings. The van der Waals surface area contributed by atoms with Crippen LogP contribution in [0.3, 0.4) is 0 Å². The number of rotatable bonds is 7. The quantitative estimate of drug-likeness (QED) is 0.180. The minimum atomic E-state index is -0.562. The van der Waals surface area contributed by atoms with Gasteiger partial charge in [0.15, 0.2) is 5.16 Å². The van der Waals surface area contributed by atoms with E-state index < -0.39 is 10.9 Å². The highest BCUT2D eigenvalue weighted by Gasteiger charge is 2.21. The van der Waals surface area contributed by atoms with E-state index in [4.69, 9.17) is 9.47 Å². The van der Waals surface area contributed by atoms with Crippen LogP contribution in [0.25, 0.3) is 11.3 Å². The molecule has 0 bridgehead atoms. The van der Waals surface area contributed by atoms with Crippen molar-refractivity contribution in [1.29, 1.82) is 0 Å². The Bertz CT molecular complexity index is 1070. The molecule has 0 saturated heterocycles. The molecule has 0 radical (unpaired) electrons. The van der Waals surface area contributed by atoms with Crippen molar-refractivity contribution in [1.82, 2.24) is 9.97 Å². The lowest BCUT2D eigenvalue weighted by Crippen LogP contribution is -2.10. The van der Waals surface area contributed by atoms with Gasteiger partial charge in [0.1, 0.15) is 11.3 Å². The molecular formula is C21H19N3O5S. The van der Waals surface area contributed by atoms with Crippen LogP contribution in [0.4, 0.5) is 5.69 Å². The van der Waals surface area contributed by atoms with Crippen molar-refractivity contribution < 1.29 is 19.2 Å². The molecule has 1 heterocycles. The van der Waals surface area contributed by atoms with Gasteiger partial charge in [-0.3, -0.25) is 10.1 Å². The predicted molar refractivity (Wildman–Crippen MR) is 113 cm³/mol. The third-order valence-corrected chi connectivity index (χ3v) is 5.26. The number of nitrogens with zero attached hydrogens (tertiary/aromatic N) is 3. The lowest BCUT2D eigenvalue weighted by Gasteiger charge is -2.12. The number of esters is 1. The van der Waals surface area contributed by atoms with Crippen molar-refractivity contribution in [3.05, 3.63) is 75.5 Å². The maximum absolute atomic E-state index is 12.3. The summed E-state index contributed by atoms with van der Waals surface area (Å²) in [5, 5.41) is 11.4. The van der Waals surface area contributed by atoms with Crippen LogP contribution in [-0.2, 0) is 10.5 Å². The zero-order valence-electron chi connectivity index (χ0n) is 16.6. The van der Waals surface area contributed by atoms with E-state index in [-0.39, 0.29) is 11.3 Å². The summed E-state index contributed by atoms with van der Waals surface area (Å²) >= 11 is 1.42. The van der Waals surface area contributed by atoms with Gasteiger partial charge in [0.2, 0.25) is 0 Å². The summed E-state index contributed by atoms with van der Waals surface area (Å²) < 4.78 is 10.1. The lowest BCUT2D eigenvalue weighted by molar-refractivity contribution is -0.384. The average molecular weight is 425 g/mol. The third kappa shape index (κ3) is 4.74. The molecule has 1 aromatic heterocycles. The summed E-state index contributed by atoms with van der Waals surface area (Å²) in [6.45, 7) is 1.71. The van der Waals surface area contributed by atoms with E-state index >= 15 is 0 Å². The molecule has 0 unspecified atom stereocenters. The van der Waals surface area contributed by atoms with Gasteiger partial charge < -0.3 is 9.47 Å². The van der Waals surface area contributed by atoms with Gasteiger partial charge in [-0.05, 0) is 36.8 Å². The van der Waals surface area contributed by atoms with Crippen molar-refractivity contribution in [3.63, 3.8) is 0 Å². The van der Waals surface area contributed by atoms with E-state index in [1.165, 1.54) is 31.0 Å². The van der Waals surface area contributed by atoms with E-state index in [1.807, 2.05) is 24.3 Å². The number of hydrogen-bond acceptors (Lipinski definition) is 8. The first kappa shape index (κ1) is 21.3. The van der Waals surface area contributed by atoms with Crippen LogP contribution in [0.2, 0.25) is 0 Å². The summed E-state index contributed by atoms with van der Waals surface area (Å²) in [7, 11) is 2.90. The SMILES string of the molecule is COC(=O)c1c(C)nc(SCc2ccc(OC)cc2)nc1-c1ccc([N+](=O)[O-])cc1. The molecule has 0 saturated carbocycles. The Morgan fingerprint density at radius 3 is 2.30 bits per heavy atom. The molecule has 0 aliphatic heterocycles. The molecule has 9 heteroatoms. The zero-order valence-corrected chi connectivity index (χ0v) is 17.4. The van der Waals surface area contributed by atoms with Crippen LogP contribution >= 0.6 is 11.8 Å². The summed E-state index contributed by atoms with van der Waals surface area (Å²) in [5.41, 5.74) is 2.68. The minimum absolute atomic E-state index is 0.0433. The molecule has 0 aliphatic carbocycles. The average Bonchev–Trinajstić information content (AvgIpc) is 2.77. The van der Waals surface area contributed by atoms with E-state index in [2.05, 4.69) is 9.97 Å². The van der Waals surface area contributed by atoms with Crippen molar-refractivity contribution >= 4 is 23.4 Å². The fourth-order valence-electron chi connectivity index (χ4n) is 2.78. The molecule has 8 nitrogen and oxygen atoms in total. The van der Waals surface area contributed by atoms with Crippen LogP contribution < -0.4 is 4.74 Å². The van der Waals surface area contributed by atoms with Crippen LogP contribution in [0.15, 0.2) is 53.7 Å². The molecule has 154 valence electrons. The van der Waals surface area contributed by atoms with Gasteiger partial charge in [0.05, 0.1) is 30.5 Å². The molecule has 3 rings (SSSR count). The third-order valence-electron chi connectivity index (χ3n) is 4.34. The number of methoxy groups -OCH3 is 2. The number of aromatic nitrogens is 2. The maximum atomic E-state index is 12.3. The Kier molecular flexibility index (Phi) is 6.63. The Morgan fingerprint density at radius 2 is 1.73 bits per heavy atom. The molecule has 3 aromatic rings. The minimum Gasteiger partial charge on any atom is -0.497 e. The highest BCUT2D eigenvalue weighted by Crippen LogP contribution is 2.30. The summed E-state index contributed by atoms with van der Waals surface area (Å²) in [6.07, 6.45) is 0. The lowest BCUT2D eigenvalue weighted by atomic mass is 10.0. The van der Waals surface area contributed by atoms with Gasteiger partial charge >= 0.3 is 5.97 Å². The Hall–Kier alpha value is -3.46. The number of aryl methyl sites for hydroxylation is 1. The van der Waals surface area contributed by atoms with E-state index in [9.17, 15) is 14.9 Å². The molecular weight excluding hydrogens is 406 g/mol. The Labute approximate surface area is 177 Å². The van der Waals surface area contributed by atoms with E-state index in [0.29, 0.717) is 27.9 Å². The van der Waals surface area contributed by atoms with Crippen molar-refractivity contribution in [2.45, 2.75) is 17.8 Å². The zero-order chi connectivity index (χ0) is 21.7. The number of nitro groups is 1. The predicted octanol–water partition coefficient (Wildman–Crippen LogP) is 4.45. The number of carbonyl (C=O) groups excluding carboxylic acids is 1. The summed E-state index contributed by atoms with van der Waals surface area (Å²) in [6, 6.07) is 13.5. The van der Waals surface area contributed by atoms with Crippen LogP contribution in [0.1, 0.15) is 21.6 Å². The number of ether oxygens (including phenoxy) is 2. The van der Waals surface area contributed by atoms with Gasteiger partial charge in [-0.15, -0.1) is 0 Å². The molecule has 30 heavy (non-hydrogen) atoms. The fourth-order valence-corrected chi connectivity index (χ4v) is 3.62. The first-order valence-electron chi connectivity index (χ1n) is 8.90. The first-order chi connectivity index (χ1) is 14.4. The molecule has 0 atom stereocenters. The largest absolute Gasteiger partial charge is 0.497 e. The van der Waals surface area contributed by atoms with Gasteiger partial charge in [-0.2, -0.15) is 0 Å². The monoisotopic (exact) mass is 425 g/mol. The molecule has 0 N–H and O–H groups in total. The van der Waals surface area contributed by atoms with Crippen LogP contribution in [0.5, 0.6) is 5.75 Å². The second-order valence-corrected chi connectivity index (χ2v) is 7.19. The number of non-ortho nitro benzene ring substituents is 1. The number of hydrogen-bond donors (Lipinski definition) is 0. The maximum Gasteiger partial charge on any atom is 0.341 e. The number of nitro benzene ring substituents is 1. The van der Waals surface area contributed by atoms with Crippen LogP contribution in [-0.4, -0.2) is 35.1 Å². The van der Waals surface area contributed by atoms with Crippen molar-refractivity contribution in [2.75, 3.05) is 14.2 Å². The summed E-state index contributed by atoms with van der Waals surface area (Å²) in [5.74, 6) is 0.840. The van der Waals surface area contributed by atoms with E-state index in [0.717, 1.165) is 11.3 Å². The molecule has 0 spiro atoms. The van der Waals surface area contributed by atoms with Crippen molar-refractivity contribution in [2.24, 2.45) is 0 Å². The summed E-state index contributed by atoms with van der Waals surface area (Å²) in [4.78, 5) is 31.8. The Morgan fingerprint density at radius 1 is 1.07 bits per heavy atom. The highest BCUT2D eigenvalue weighted by molar-refractivity contribution is 7.98. The second-order valence-electron chi connectivity index (χ2n) is 6.25. The van der Waals surface area contributed by atoms with Crippen LogP contribution in [0, 0.1) is 17.0 Å². The normalized spacial score (nSPS) is 10.5. The van der Waals surface area contributed by atoms with Gasteiger partial charge in [0.25, 0.3) is 5.69 Å². The van der Waals surface area contributed by atoms with Crippen molar-refractivity contribution in [3.8, 4) is 17.0 Å². The van der Waals surface area contributed by atoms with Gasteiger partial charge in [0, 0.05) is 23.4 Å². The standard InChI is InChI=1S/C21H19N3O5S/c1-13-18(20(25)29-3)19(15-6-8-16(9-7-15)24(26)27)23-21(22-13)30-12-14-4-10-17(28-2)11-5-14/h4-11H,12H2,1-3H3.